The van der Waals surface area contributed by atoms with Crippen molar-refractivity contribution in [2.45, 2.75) is 46.1 Å². The van der Waals surface area contributed by atoms with Crippen LogP contribution in [0.3, 0.4) is 0 Å². The van der Waals surface area contributed by atoms with Crippen molar-refractivity contribution in [3.05, 3.63) is 34.9 Å². The van der Waals surface area contributed by atoms with Gasteiger partial charge in [0.15, 0.2) is 0 Å². The predicted octanol–water partition coefficient (Wildman–Crippen LogP) is 2.68. The summed E-state index contributed by atoms with van der Waals surface area (Å²) in [5.41, 5.74) is 2.89. The number of carbonyl (C=O) groups excluding carboxylic acids is 1. The number of nitrogens with one attached hydrogen (secondary N) is 1. The summed E-state index contributed by atoms with van der Waals surface area (Å²) in [4.78, 5) is 22.4. The van der Waals surface area contributed by atoms with Crippen LogP contribution in [0.1, 0.15) is 47.7 Å². The van der Waals surface area contributed by atoms with E-state index in [0.717, 1.165) is 11.1 Å². The molecule has 1 aromatic rings. The Morgan fingerprint density at radius 2 is 1.95 bits per heavy atom. The summed E-state index contributed by atoms with van der Waals surface area (Å²) in [5.74, 6) is -0.904. The Balaban J connectivity index is 2.49. The smallest absolute Gasteiger partial charge is 0.303 e. The summed E-state index contributed by atoms with van der Waals surface area (Å²) < 4.78 is 0. The standard InChI is InChI=1S/C15H21NO3/c1-10-7-8-13(9-11(10)2)15(19)16-12(3)5-4-6-14(17)18/h7-9,12H,4-6H2,1-3H3,(H,16,19)(H,17,18). The number of hydrogen-bond acceptors (Lipinski definition) is 2. The van der Waals surface area contributed by atoms with E-state index in [-0.39, 0.29) is 18.4 Å². The molecule has 1 rings (SSSR count). The Hall–Kier alpha value is -1.84. The van der Waals surface area contributed by atoms with Crippen molar-refractivity contribution in [1.29, 1.82) is 0 Å². The highest BCUT2D eigenvalue weighted by molar-refractivity contribution is 5.94. The largest absolute Gasteiger partial charge is 0.481 e. The van der Waals surface area contributed by atoms with Gasteiger partial charge in [-0.15, -0.1) is 0 Å². The zero-order valence-electron chi connectivity index (χ0n) is 11.7. The van der Waals surface area contributed by atoms with Gasteiger partial charge in [0.05, 0.1) is 0 Å². The monoisotopic (exact) mass is 263 g/mol. The van der Waals surface area contributed by atoms with Crippen molar-refractivity contribution in [2.24, 2.45) is 0 Å². The Bertz CT molecular complexity index is 468. The number of benzene rings is 1. The van der Waals surface area contributed by atoms with E-state index < -0.39 is 5.97 Å². The first kappa shape index (κ1) is 15.2. The van der Waals surface area contributed by atoms with Crippen LogP contribution in [0.2, 0.25) is 0 Å². The van der Waals surface area contributed by atoms with Gasteiger partial charge in [-0.25, -0.2) is 0 Å². The normalized spacial score (nSPS) is 11.9. The van der Waals surface area contributed by atoms with Gasteiger partial charge >= 0.3 is 5.97 Å². The van der Waals surface area contributed by atoms with Gasteiger partial charge < -0.3 is 10.4 Å². The molecule has 0 aliphatic heterocycles. The first-order valence-corrected chi connectivity index (χ1v) is 6.50. The van der Waals surface area contributed by atoms with Crippen LogP contribution in [-0.4, -0.2) is 23.0 Å². The summed E-state index contributed by atoms with van der Waals surface area (Å²) in [6, 6.07) is 5.59. The number of amides is 1. The van der Waals surface area contributed by atoms with E-state index in [1.807, 2.05) is 39.0 Å². The zero-order valence-corrected chi connectivity index (χ0v) is 11.7. The van der Waals surface area contributed by atoms with Crippen LogP contribution in [0.4, 0.5) is 0 Å². The fourth-order valence-corrected chi connectivity index (χ4v) is 1.82. The molecule has 0 aliphatic rings. The molecule has 2 N–H and O–H groups in total. The zero-order chi connectivity index (χ0) is 14.4. The molecule has 0 radical (unpaired) electrons. The maximum Gasteiger partial charge on any atom is 0.303 e. The van der Waals surface area contributed by atoms with E-state index in [9.17, 15) is 9.59 Å². The van der Waals surface area contributed by atoms with E-state index >= 15 is 0 Å². The molecular formula is C15H21NO3. The van der Waals surface area contributed by atoms with Crippen LogP contribution >= 0.6 is 0 Å². The van der Waals surface area contributed by atoms with Gasteiger partial charge in [-0.3, -0.25) is 9.59 Å². The van der Waals surface area contributed by atoms with E-state index in [0.29, 0.717) is 18.4 Å². The van der Waals surface area contributed by atoms with Gasteiger partial charge in [-0.2, -0.15) is 0 Å². The van der Waals surface area contributed by atoms with Crippen molar-refractivity contribution in [3.63, 3.8) is 0 Å². The maximum absolute atomic E-state index is 12.0. The minimum absolute atomic E-state index is 0.0199. The molecule has 0 saturated carbocycles. The lowest BCUT2D eigenvalue weighted by Crippen LogP contribution is -2.32. The SMILES string of the molecule is Cc1ccc(C(=O)NC(C)CCCC(=O)O)cc1C. The topological polar surface area (TPSA) is 66.4 Å². The molecule has 4 heteroatoms. The molecule has 0 spiro atoms. The summed E-state index contributed by atoms with van der Waals surface area (Å²) >= 11 is 0. The number of hydrogen-bond donors (Lipinski definition) is 2. The van der Waals surface area contributed by atoms with Crippen molar-refractivity contribution in [2.75, 3.05) is 0 Å². The molecule has 1 unspecified atom stereocenters. The van der Waals surface area contributed by atoms with Crippen molar-refractivity contribution >= 4 is 11.9 Å². The third-order valence-electron chi connectivity index (χ3n) is 3.17. The molecule has 4 nitrogen and oxygen atoms in total. The van der Waals surface area contributed by atoms with Crippen LogP contribution < -0.4 is 5.32 Å². The van der Waals surface area contributed by atoms with Gasteiger partial charge in [-0.1, -0.05) is 6.07 Å². The van der Waals surface area contributed by atoms with Gasteiger partial charge in [-0.05, 0) is 56.9 Å². The first-order chi connectivity index (χ1) is 8.90. The average molecular weight is 263 g/mol. The van der Waals surface area contributed by atoms with Crippen LogP contribution in [0.15, 0.2) is 18.2 Å². The summed E-state index contributed by atoms with van der Waals surface area (Å²) in [6.45, 7) is 5.87. The molecule has 0 aliphatic carbocycles. The third-order valence-corrected chi connectivity index (χ3v) is 3.17. The van der Waals surface area contributed by atoms with E-state index in [1.165, 1.54) is 0 Å². The van der Waals surface area contributed by atoms with E-state index in [4.69, 9.17) is 5.11 Å². The fourth-order valence-electron chi connectivity index (χ4n) is 1.82. The highest BCUT2D eigenvalue weighted by Gasteiger charge is 2.10. The molecule has 1 atom stereocenters. The second kappa shape index (κ2) is 6.92. The minimum Gasteiger partial charge on any atom is -0.481 e. The molecule has 1 amide bonds. The molecule has 0 aromatic heterocycles. The first-order valence-electron chi connectivity index (χ1n) is 6.50. The van der Waals surface area contributed by atoms with Crippen LogP contribution in [0, 0.1) is 13.8 Å². The molecular weight excluding hydrogens is 242 g/mol. The number of carboxylic acids is 1. The third kappa shape index (κ3) is 5.12. The molecule has 1 aromatic carbocycles. The van der Waals surface area contributed by atoms with Crippen molar-refractivity contribution in [1.82, 2.24) is 5.32 Å². The Labute approximate surface area is 113 Å². The number of aliphatic carboxylic acids is 1. The molecule has 0 heterocycles. The van der Waals surface area contributed by atoms with Crippen molar-refractivity contribution < 1.29 is 14.7 Å². The number of rotatable bonds is 6. The lowest BCUT2D eigenvalue weighted by Gasteiger charge is -2.14. The van der Waals surface area contributed by atoms with Gasteiger partial charge in [0.25, 0.3) is 5.91 Å². The molecule has 0 fully saturated rings. The highest BCUT2D eigenvalue weighted by atomic mass is 16.4. The lowest BCUT2D eigenvalue weighted by molar-refractivity contribution is -0.137. The van der Waals surface area contributed by atoms with Gasteiger partial charge in [0.2, 0.25) is 0 Å². The van der Waals surface area contributed by atoms with Crippen LogP contribution in [-0.2, 0) is 4.79 Å². The fraction of sp³-hybridized carbons (Fsp3) is 0.467. The average Bonchev–Trinajstić information content (AvgIpc) is 2.32. The Kier molecular flexibility index (Phi) is 5.55. The lowest BCUT2D eigenvalue weighted by atomic mass is 10.1. The molecule has 104 valence electrons. The van der Waals surface area contributed by atoms with Gasteiger partial charge in [0, 0.05) is 18.0 Å². The second-order valence-corrected chi connectivity index (χ2v) is 4.96. The van der Waals surface area contributed by atoms with Crippen molar-refractivity contribution in [3.8, 4) is 0 Å². The number of aryl methyl sites for hydroxylation is 2. The summed E-state index contributed by atoms with van der Waals surface area (Å²) in [6.07, 6.45) is 1.39. The summed E-state index contributed by atoms with van der Waals surface area (Å²) in [5, 5.41) is 11.4. The molecule has 19 heavy (non-hydrogen) atoms. The van der Waals surface area contributed by atoms with Crippen LogP contribution in [0.25, 0.3) is 0 Å². The van der Waals surface area contributed by atoms with Gasteiger partial charge in [0.1, 0.15) is 0 Å². The maximum atomic E-state index is 12.0. The van der Waals surface area contributed by atoms with E-state index in [2.05, 4.69) is 5.32 Å². The highest BCUT2D eigenvalue weighted by Crippen LogP contribution is 2.10. The predicted molar refractivity (Wildman–Crippen MR) is 74.3 cm³/mol. The molecule has 0 saturated heterocycles. The Morgan fingerprint density at radius 1 is 1.26 bits per heavy atom. The second-order valence-electron chi connectivity index (χ2n) is 4.96. The minimum atomic E-state index is -0.798. The Morgan fingerprint density at radius 3 is 2.53 bits per heavy atom. The quantitative estimate of drug-likeness (QED) is 0.829. The van der Waals surface area contributed by atoms with E-state index in [1.54, 1.807) is 0 Å². The summed E-state index contributed by atoms with van der Waals surface area (Å²) in [7, 11) is 0. The van der Waals surface area contributed by atoms with Crippen LogP contribution in [0.5, 0.6) is 0 Å². The number of carboxylic acid groups (broad SMARTS) is 1. The molecule has 0 bridgehead atoms. The number of carbonyl (C=O) groups is 2.